The summed E-state index contributed by atoms with van der Waals surface area (Å²) in [5.74, 6) is -7.41. The van der Waals surface area contributed by atoms with Crippen LogP contribution in [-0.4, -0.2) is 16.8 Å². The maximum absolute atomic E-state index is 14.2. The average molecular weight is 391 g/mol. The van der Waals surface area contributed by atoms with Gasteiger partial charge in [-0.25, -0.2) is 0 Å². The van der Waals surface area contributed by atoms with Crippen LogP contribution in [0, 0.1) is 10.1 Å². The van der Waals surface area contributed by atoms with Crippen LogP contribution in [-0.2, 0) is 17.3 Å². The number of halogens is 3. The van der Waals surface area contributed by atoms with E-state index in [1.165, 1.54) is 18.2 Å². The molecule has 0 atom stereocenters. The van der Waals surface area contributed by atoms with Gasteiger partial charge in [0.05, 0.1) is 16.5 Å². The van der Waals surface area contributed by atoms with Crippen LogP contribution in [0.4, 0.5) is 14.5 Å². The second-order valence-corrected chi connectivity index (χ2v) is 5.56. The summed E-state index contributed by atoms with van der Waals surface area (Å²) >= 11 is 5.61. The Morgan fingerprint density at radius 3 is 2.26 bits per heavy atom. The van der Waals surface area contributed by atoms with Crippen LogP contribution >= 0.6 is 11.6 Å². The monoisotopic (exact) mass is 390 g/mol. The Morgan fingerprint density at radius 2 is 1.74 bits per heavy atom. The molecule has 0 bridgehead atoms. The van der Waals surface area contributed by atoms with E-state index in [4.69, 9.17) is 11.6 Å². The molecular formula is C16H10ClF2LiN2O5. The van der Waals surface area contributed by atoms with E-state index in [0.29, 0.717) is 0 Å². The maximum atomic E-state index is 14.2. The third-order valence-corrected chi connectivity index (χ3v) is 3.71. The van der Waals surface area contributed by atoms with Crippen LogP contribution in [0.25, 0.3) is 0 Å². The first-order valence-corrected chi connectivity index (χ1v) is 7.42. The molecule has 27 heavy (non-hydrogen) atoms. The third-order valence-electron chi connectivity index (χ3n) is 3.45. The van der Waals surface area contributed by atoms with Gasteiger partial charge in [0.2, 0.25) is 0 Å². The Balaban J connectivity index is 0.00000364. The smallest absolute Gasteiger partial charge is 0.545 e. The van der Waals surface area contributed by atoms with Crippen LogP contribution in [0.15, 0.2) is 42.5 Å². The molecule has 136 valence electrons. The van der Waals surface area contributed by atoms with Crippen molar-refractivity contribution < 1.29 is 47.3 Å². The number of rotatable bonds is 6. The number of benzene rings is 2. The van der Waals surface area contributed by atoms with E-state index in [1.807, 2.05) is 5.32 Å². The quantitative estimate of drug-likeness (QED) is 0.387. The minimum atomic E-state index is -3.91. The predicted molar refractivity (Wildman–Crippen MR) is 84.6 cm³/mol. The Labute approximate surface area is 168 Å². The summed E-state index contributed by atoms with van der Waals surface area (Å²) in [6.07, 6.45) is 0. The fourth-order valence-corrected chi connectivity index (χ4v) is 2.32. The SMILES string of the molecule is O=C([O-])c1cccc(CNC(=O)C(F)(F)c2ccc(Cl)cc2)c1[N+](=O)[O-].[Li+]. The van der Waals surface area contributed by atoms with Crippen LogP contribution in [0.1, 0.15) is 21.5 Å². The summed E-state index contributed by atoms with van der Waals surface area (Å²) in [7, 11) is 0. The van der Waals surface area contributed by atoms with Gasteiger partial charge in [-0.1, -0.05) is 35.9 Å². The maximum Gasteiger partial charge on any atom is 1.00 e. The van der Waals surface area contributed by atoms with Crippen molar-refractivity contribution in [1.29, 1.82) is 0 Å². The number of hydrogen-bond donors (Lipinski definition) is 1. The molecule has 11 heteroatoms. The summed E-state index contributed by atoms with van der Waals surface area (Å²) in [6, 6.07) is 7.59. The standard InChI is InChI=1S/C16H11ClF2N2O5.Li/c17-11-6-4-10(5-7-11)16(18,19)15(24)20-8-9-2-1-3-12(14(22)23)13(9)21(25)26;/h1-7H,8H2,(H,20,24)(H,22,23);/q;+1/p-1. The number of para-hydroxylation sites is 1. The number of nitrogens with zero attached hydrogens (tertiary/aromatic N) is 1. The van der Waals surface area contributed by atoms with Crippen LogP contribution in [0.2, 0.25) is 5.02 Å². The molecular weight excluding hydrogens is 381 g/mol. The van der Waals surface area contributed by atoms with Crippen molar-refractivity contribution in [2.45, 2.75) is 12.5 Å². The molecule has 7 nitrogen and oxygen atoms in total. The first-order chi connectivity index (χ1) is 12.1. The number of hydrogen-bond acceptors (Lipinski definition) is 5. The number of nitro benzene ring substituents is 1. The normalized spacial score (nSPS) is 10.6. The third kappa shape index (κ3) is 5.04. The minimum Gasteiger partial charge on any atom is -0.545 e. The number of amides is 1. The van der Waals surface area contributed by atoms with E-state index >= 15 is 0 Å². The van der Waals surface area contributed by atoms with E-state index in [0.717, 1.165) is 24.3 Å². The molecule has 0 unspecified atom stereocenters. The van der Waals surface area contributed by atoms with Gasteiger partial charge in [0.15, 0.2) is 0 Å². The van der Waals surface area contributed by atoms with Gasteiger partial charge < -0.3 is 15.2 Å². The van der Waals surface area contributed by atoms with Gasteiger partial charge >= 0.3 is 24.8 Å². The molecule has 0 spiro atoms. The first kappa shape index (κ1) is 22.6. The number of nitro groups is 1. The van der Waals surface area contributed by atoms with Crippen molar-refractivity contribution in [3.8, 4) is 0 Å². The van der Waals surface area contributed by atoms with Crippen molar-refractivity contribution in [3.05, 3.63) is 74.3 Å². The largest absolute Gasteiger partial charge is 1.00 e. The fraction of sp³-hybridized carbons (Fsp3) is 0.125. The van der Waals surface area contributed by atoms with Crippen LogP contribution in [0.5, 0.6) is 0 Å². The Kier molecular flexibility index (Phi) is 7.48. The molecule has 0 fully saturated rings. The Hall–Kier alpha value is -2.47. The van der Waals surface area contributed by atoms with E-state index in [2.05, 4.69) is 0 Å². The van der Waals surface area contributed by atoms with Crippen molar-refractivity contribution in [1.82, 2.24) is 5.32 Å². The summed E-state index contributed by atoms with van der Waals surface area (Å²) in [6.45, 7) is -0.667. The number of aromatic carboxylic acids is 1. The first-order valence-electron chi connectivity index (χ1n) is 7.04. The molecule has 0 aliphatic carbocycles. The van der Waals surface area contributed by atoms with E-state index in [1.54, 1.807) is 0 Å². The van der Waals surface area contributed by atoms with Crippen LogP contribution in [0.3, 0.4) is 0 Å². The topological polar surface area (TPSA) is 112 Å². The number of carbonyl (C=O) groups is 2. The molecule has 1 N–H and O–H groups in total. The zero-order valence-corrected chi connectivity index (χ0v) is 14.6. The number of carbonyl (C=O) groups excluding carboxylic acids is 2. The summed E-state index contributed by atoms with van der Waals surface area (Å²) < 4.78 is 28.3. The predicted octanol–water partition coefficient (Wildman–Crippen LogP) is -0.976. The molecule has 2 aromatic carbocycles. The van der Waals surface area contributed by atoms with Gasteiger partial charge in [0.25, 0.3) is 11.6 Å². The molecule has 0 saturated carbocycles. The van der Waals surface area contributed by atoms with Gasteiger partial charge in [-0.05, 0) is 18.2 Å². The number of carboxylic acid groups (broad SMARTS) is 1. The molecule has 0 heterocycles. The Morgan fingerprint density at radius 1 is 1.15 bits per heavy atom. The minimum absolute atomic E-state index is 0. The molecule has 0 aromatic heterocycles. The molecule has 0 radical (unpaired) electrons. The Bertz CT molecular complexity index is 878. The number of nitrogens with one attached hydrogen (secondary N) is 1. The second kappa shape index (κ2) is 8.95. The molecule has 2 rings (SSSR count). The summed E-state index contributed by atoms with van der Waals surface area (Å²) in [4.78, 5) is 32.9. The van der Waals surface area contributed by atoms with Gasteiger partial charge in [-0.2, -0.15) is 8.78 Å². The molecule has 0 aliphatic rings. The van der Waals surface area contributed by atoms with E-state index < -0.39 is 46.1 Å². The van der Waals surface area contributed by atoms with Gasteiger partial charge in [0, 0.05) is 22.7 Å². The zero-order valence-electron chi connectivity index (χ0n) is 13.9. The molecule has 1 amide bonds. The fourth-order valence-electron chi connectivity index (χ4n) is 2.19. The van der Waals surface area contributed by atoms with Gasteiger partial charge in [0.1, 0.15) is 0 Å². The van der Waals surface area contributed by atoms with Gasteiger partial charge in [-0.15, -0.1) is 0 Å². The zero-order chi connectivity index (χ0) is 19.5. The van der Waals surface area contributed by atoms with E-state index in [-0.39, 0.29) is 29.4 Å². The second-order valence-electron chi connectivity index (χ2n) is 5.12. The van der Waals surface area contributed by atoms with Crippen LogP contribution < -0.4 is 29.3 Å². The summed E-state index contributed by atoms with van der Waals surface area (Å²) in [5.41, 5.74) is -2.41. The summed E-state index contributed by atoms with van der Waals surface area (Å²) in [5, 5.41) is 24.1. The van der Waals surface area contributed by atoms with Crippen molar-refractivity contribution in [3.63, 3.8) is 0 Å². The molecule has 2 aromatic rings. The van der Waals surface area contributed by atoms with Crippen molar-refractivity contribution >= 4 is 29.2 Å². The van der Waals surface area contributed by atoms with Gasteiger partial charge in [-0.3, -0.25) is 14.9 Å². The number of carboxylic acids is 1. The molecule has 0 aliphatic heterocycles. The number of alkyl halides is 2. The molecule has 0 saturated heterocycles. The van der Waals surface area contributed by atoms with Crippen molar-refractivity contribution in [2.75, 3.05) is 0 Å². The average Bonchev–Trinajstić information content (AvgIpc) is 2.59. The van der Waals surface area contributed by atoms with Crippen molar-refractivity contribution in [2.24, 2.45) is 0 Å². The van der Waals surface area contributed by atoms with E-state index in [9.17, 15) is 33.6 Å².